The second kappa shape index (κ2) is 5.83. The van der Waals surface area contributed by atoms with Crippen molar-refractivity contribution in [2.24, 2.45) is 7.05 Å². The van der Waals surface area contributed by atoms with E-state index < -0.39 is 21.5 Å². The fraction of sp³-hybridized carbons (Fsp3) is 0.333. The van der Waals surface area contributed by atoms with Crippen molar-refractivity contribution < 1.29 is 14.5 Å². The molecule has 1 aromatic rings. The largest absolute Gasteiger partial charge is 0.346 e. The van der Waals surface area contributed by atoms with Crippen molar-refractivity contribution in [2.45, 2.75) is 4.84 Å². The predicted molar refractivity (Wildman–Crippen MR) is 64.9 cm³/mol. The molecule has 9 heteroatoms. The normalized spacial score (nSPS) is 10.4. The lowest BCUT2D eigenvalue weighted by Crippen LogP contribution is -2.33. The number of rotatable bonds is 5. The first-order valence-electron chi connectivity index (χ1n) is 4.72. The summed E-state index contributed by atoms with van der Waals surface area (Å²) in [5, 5.41) is 12.7. The molecule has 7 nitrogen and oxygen atoms in total. The molecule has 0 radical (unpaired) electrons. The molecule has 1 heterocycles. The fourth-order valence-corrected chi connectivity index (χ4v) is 1.41. The van der Waals surface area contributed by atoms with E-state index in [9.17, 15) is 19.7 Å². The molecular weight excluding hydrogens is 285 g/mol. The molecule has 1 amide bonds. The highest BCUT2D eigenvalue weighted by Crippen LogP contribution is 2.15. The van der Waals surface area contributed by atoms with Crippen LogP contribution in [0, 0.1) is 10.1 Å². The number of hydrogen-bond donors (Lipinski definition) is 1. The van der Waals surface area contributed by atoms with Crippen LogP contribution in [-0.4, -0.2) is 32.6 Å². The lowest BCUT2D eigenvalue weighted by atomic mass is 10.3. The smallest absolute Gasteiger partial charge is 0.287 e. The number of aromatic nitrogens is 1. The molecule has 0 aliphatic rings. The summed E-state index contributed by atoms with van der Waals surface area (Å²) >= 11 is 10.6. The summed E-state index contributed by atoms with van der Waals surface area (Å²) in [6, 6.07) is 1.13. The lowest BCUT2D eigenvalue weighted by molar-refractivity contribution is -0.384. The summed E-state index contributed by atoms with van der Waals surface area (Å²) in [4.78, 5) is 31.4. The highest BCUT2D eigenvalue weighted by Gasteiger charge is 2.19. The minimum absolute atomic E-state index is 0.114. The van der Waals surface area contributed by atoms with Gasteiger partial charge in [-0.15, -0.1) is 0 Å². The molecule has 98 valence electrons. The minimum atomic E-state index is -1.26. The van der Waals surface area contributed by atoms with Crippen LogP contribution >= 0.6 is 23.2 Å². The van der Waals surface area contributed by atoms with E-state index in [1.54, 1.807) is 0 Å². The quantitative estimate of drug-likeness (QED) is 0.380. The first-order chi connectivity index (χ1) is 8.32. The summed E-state index contributed by atoms with van der Waals surface area (Å²) in [7, 11) is 1.49. The van der Waals surface area contributed by atoms with E-state index in [1.807, 2.05) is 0 Å². The third kappa shape index (κ3) is 3.44. The Morgan fingerprint density at radius 3 is 2.61 bits per heavy atom. The van der Waals surface area contributed by atoms with Gasteiger partial charge in [-0.3, -0.25) is 19.7 Å². The molecule has 0 aliphatic carbocycles. The molecule has 0 fully saturated rings. The molecular formula is C9H9Cl2N3O4. The van der Waals surface area contributed by atoms with Crippen molar-refractivity contribution in [1.29, 1.82) is 0 Å². The van der Waals surface area contributed by atoms with Gasteiger partial charge in [0.05, 0.1) is 23.4 Å². The number of carbonyl (C=O) groups excluding carboxylic acids is 2. The van der Waals surface area contributed by atoms with Gasteiger partial charge in [0, 0.05) is 13.1 Å². The number of hydrogen-bond acceptors (Lipinski definition) is 4. The zero-order chi connectivity index (χ0) is 13.9. The molecule has 1 rings (SSSR count). The van der Waals surface area contributed by atoms with E-state index in [4.69, 9.17) is 23.2 Å². The van der Waals surface area contributed by atoms with E-state index >= 15 is 0 Å². The number of nitrogens with zero attached hydrogens (tertiary/aromatic N) is 2. The molecule has 0 spiro atoms. The first-order valence-corrected chi connectivity index (χ1v) is 5.60. The van der Waals surface area contributed by atoms with Crippen molar-refractivity contribution >= 4 is 40.6 Å². The maximum absolute atomic E-state index is 11.7. The predicted octanol–water partition coefficient (Wildman–Crippen LogP) is 1.04. The molecule has 1 aromatic heterocycles. The van der Waals surface area contributed by atoms with Gasteiger partial charge in [-0.2, -0.15) is 0 Å². The molecule has 0 aromatic carbocycles. The van der Waals surface area contributed by atoms with Crippen LogP contribution in [0.25, 0.3) is 0 Å². The second-order valence-corrected chi connectivity index (χ2v) is 4.49. The molecule has 0 saturated heterocycles. The van der Waals surface area contributed by atoms with Gasteiger partial charge in [-0.25, -0.2) is 0 Å². The number of nitrogens with one attached hydrogen (secondary N) is 1. The molecule has 0 atom stereocenters. The van der Waals surface area contributed by atoms with Crippen molar-refractivity contribution in [1.82, 2.24) is 9.88 Å². The van der Waals surface area contributed by atoms with Gasteiger partial charge in [0.1, 0.15) is 0 Å². The van der Waals surface area contributed by atoms with Gasteiger partial charge >= 0.3 is 0 Å². The number of halogens is 2. The Labute approximate surface area is 112 Å². The number of carbonyl (C=O) groups is 2. The Balaban J connectivity index is 2.73. The van der Waals surface area contributed by atoms with Crippen molar-refractivity contribution in [3.8, 4) is 0 Å². The van der Waals surface area contributed by atoms with Crippen LogP contribution in [0.4, 0.5) is 5.69 Å². The van der Waals surface area contributed by atoms with Gasteiger partial charge in [0.15, 0.2) is 10.6 Å². The summed E-state index contributed by atoms with van der Waals surface area (Å²) in [5.74, 6) is -1.18. The molecule has 18 heavy (non-hydrogen) atoms. The van der Waals surface area contributed by atoms with Gasteiger partial charge < -0.3 is 9.88 Å². The van der Waals surface area contributed by atoms with Crippen molar-refractivity contribution in [3.63, 3.8) is 0 Å². The van der Waals surface area contributed by atoms with Crippen LogP contribution in [-0.2, 0) is 11.8 Å². The SMILES string of the molecule is Cn1cc([N+](=O)[O-])cc1C(=O)CNC(=O)C(Cl)Cl. The number of alkyl halides is 2. The highest BCUT2D eigenvalue weighted by molar-refractivity contribution is 6.53. The summed E-state index contributed by atoms with van der Waals surface area (Å²) < 4.78 is 1.31. The minimum Gasteiger partial charge on any atom is -0.346 e. The molecule has 0 unspecified atom stereocenters. The Bertz CT molecular complexity index is 498. The summed E-state index contributed by atoms with van der Waals surface area (Å²) in [6.07, 6.45) is 1.21. The number of amides is 1. The van der Waals surface area contributed by atoms with E-state index in [0.29, 0.717) is 0 Å². The van der Waals surface area contributed by atoms with Gasteiger partial charge in [-0.1, -0.05) is 23.2 Å². The zero-order valence-electron chi connectivity index (χ0n) is 9.22. The van der Waals surface area contributed by atoms with Gasteiger partial charge in [0.25, 0.3) is 11.6 Å². The van der Waals surface area contributed by atoms with Gasteiger partial charge in [0.2, 0.25) is 0 Å². The molecule has 0 saturated carbocycles. The van der Waals surface area contributed by atoms with E-state index in [0.717, 1.165) is 6.07 Å². The van der Waals surface area contributed by atoms with Gasteiger partial charge in [-0.05, 0) is 0 Å². The summed E-state index contributed by atoms with van der Waals surface area (Å²) in [5.41, 5.74) is -0.0811. The maximum Gasteiger partial charge on any atom is 0.287 e. The third-order valence-electron chi connectivity index (χ3n) is 2.11. The second-order valence-electron chi connectivity index (χ2n) is 3.39. The first kappa shape index (κ1) is 14.5. The average molecular weight is 294 g/mol. The Kier molecular flexibility index (Phi) is 4.69. The summed E-state index contributed by atoms with van der Waals surface area (Å²) in [6.45, 7) is -0.330. The number of nitro groups is 1. The van der Waals surface area contributed by atoms with Crippen LogP contribution in [0.1, 0.15) is 10.5 Å². The van der Waals surface area contributed by atoms with Crippen LogP contribution in [0.15, 0.2) is 12.3 Å². The highest BCUT2D eigenvalue weighted by atomic mass is 35.5. The number of aryl methyl sites for hydroxylation is 1. The topological polar surface area (TPSA) is 94.2 Å². The third-order valence-corrected chi connectivity index (χ3v) is 2.50. The maximum atomic E-state index is 11.7. The van der Waals surface area contributed by atoms with Crippen LogP contribution in [0.5, 0.6) is 0 Å². The van der Waals surface area contributed by atoms with Crippen LogP contribution in [0.3, 0.4) is 0 Å². The zero-order valence-corrected chi connectivity index (χ0v) is 10.7. The average Bonchev–Trinajstić information content (AvgIpc) is 2.67. The van der Waals surface area contributed by atoms with E-state index in [-0.39, 0.29) is 17.9 Å². The lowest BCUT2D eigenvalue weighted by Gasteiger charge is -2.05. The molecule has 0 aliphatic heterocycles. The van der Waals surface area contributed by atoms with E-state index in [2.05, 4.69) is 5.32 Å². The van der Waals surface area contributed by atoms with E-state index in [1.165, 1.54) is 17.8 Å². The number of ketones is 1. The van der Waals surface area contributed by atoms with Crippen molar-refractivity contribution in [2.75, 3.05) is 6.54 Å². The van der Waals surface area contributed by atoms with Crippen LogP contribution < -0.4 is 5.32 Å². The monoisotopic (exact) mass is 293 g/mol. The van der Waals surface area contributed by atoms with Crippen LogP contribution in [0.2, 0.25) is 0 Å². The fourth-order valence-electron chi connectivity index (χ4n) is 1.26. The molecule has 0 bridgehead atoms. The Morgan fingerprint density at radius 2 is 2.17 bits per heavy atom. The Hall–Kier alpha value is -1.60. The standard InChI is InChI=1S/C9H9Cl2N3O4/c1-13-4-5(14(17)18)2-6(13)7(15)3-12-9(16)8(10)11/h2,4,8H,3H2,1H3,(H,12,16). The molecule has 1 N–H and O–H groups in total. The Morgan fingerprint density at radius 1 is 1.56 bits per heavy atom. The number of Topliss-reactive ketones (excluding diaryl/α,β-unsaturated/α-hetero) is 1. The van der Waals surface area contributed by atoms with Crippen molar-refractivity contribution in [3.05, 3.63) is 28.1 Å².